The predicted octanol–water partition coefficient (Wildman–Crippen LogP) is 3.96. The van der Waals surface area contributed by atoms with E-state index in [1.54, 1.807) is 34.5 Å². The molecule has 0 bridgehead atoms. The minimum Gasteiger partial charge on any atom is -0.396 e. The molecule has 0 amide bonds. The lowest BCUT2D eigenvalue weighted by Crippen LogP contribution is -2.25. The van der Waals surface area contributed by atoms with Gasteiger partial charge in [-0.15, -0.1) is 0 Å². The molecule has 0 aliphatic heterocycles. The van der Waals surface area contributed by atoms with Gasteiger partial charge in [-0.3, -0.25) is 9.36 Å². The van der Waals surface area contributed by atoms with Crippen molar-refractivity contribution in [3.63, 3.8) is 0 Å². The lowest BCUT2D eigenvalue weighted by atomic mass is 10.2. The molecule has 0 aliphatic rings. The first-order chi connectivity index (χ1) is 11.0. The Morgan fingerprint density at radius 3 is 2.78 bits per heavy atom. The number of hydrogen-bond acceptors (Lipinski definition) is 4. The molecule has 4 nitrogen and oxygen atoms in total. The van der Waals surface area contributed by atoms with Gasteiger partial charge < -0.3 is 5.11 Å². The summed E-state index contributed by atoms with van der Waals surface area (Å²) >= 11 is 7.63. The summed E-state index contributed by atoms with van der Waals surface area (Å²) in [6, 6.07) is 5.26. The van der Waals surface area contributed by atoms with E-state index in [2.05, 4.69) is 18.8 Å². The Kier molecular flexibility index (Phi) is 6.93. The number of aliphatic hydroxyl groups excluding tert-OH is 1. The van der Waals surface area contributed by atoms with Crippen LogP contribution in [0.15, 0.2) is 28.2 Å². The lowest BCUT2D eigenvalue weighted by Gasteiger charge is -2.15. The Morgan fingerprint density at radius 2 is 2.09 bits per heavy atom. The Balaban J connectivity index is 2.32. The van der Waals surface area contributed by atoms with Crippen LogP contribution in [-0.2, 0) is 6.54 Å². The normalized spacial score (nSPS) is 11.5. The second-order valence-electron chi connectivity index (χ2n) is 6.00. The third-order valence-corrected chi connectivity index (χ3v) is 4.76. The van der Waals surface area contributed by atoms with E-state index in [1.807, 2.05) is 0 Å². The van der Waals surface area contributed by atoms with E-state index < -0.39 is 0 Å². The number of fused-ring (bicyclic) bond motifs is 1. The summed E-state index contributed by atoms with van der Waals surface area (Å²) < 4.78 is 1.76. The quantitative estimate of drug-likeness (QED) is 0.443. The molecule has 0 fully saturated rings. The van der Waals surface area contributed by atoms with Gasteiger partial charge in [0, 0.05) is 23.9 Å². The fourth-order valence-electron chi connectivity index (χ4n) is 2.36. The molecular weight excluding hydrogens is 332 g/mol. The topological polar surface area (TPSA) is 55.1 Å². The first-order valence-corrected chi connectivity index (χ1v) is 9.33. The van der Waals surface area contributed by atoms with Crippen LogP contribution in [0, 0.1) is 5.92 Å². The third kappa shape index (κ3) is 4.96. The number of hydrogen-bond donors (Lipinski definition) is 1. The molecule has 6 heteroatoms. The number of aromatic nitrogens is 2. The van der Waals surface area contributed by atoms with E-state index in [-0.39, 0.29) is 12.2 Å². The van der Waals surface area contributed by atoms with E-state index in [9.17, 15) is 4.79 Å². The maximum absolute atomic E-state index is 12.8. The van der Waals surface area contributed by atoms with Gasteiger partial charge in [-0.1, -0.05) is 43.6 Å². The number of halogens is 1. The maximum atomic E-state index is 12.8. The number of nitrogens with zero attached hydrogens (tertiary/aromatic N) is 2. The van der Waals surface area contributed by atoms with E-state index in [0.717, 1.165) is 30.2 Å². The van der Waals surface area contributed by atoms with E-state index in [1.165, 1.54) is 0 Å². The second kappa shape index (κ2) is 8.71. The highest BCUT2D eigenvalue weighted by molar-refractivity contribution is 7.99. The van der Waals surface area contributed by atoms with E-state index >= 15 is 0 Å². The monoisotopic (exact) mass is 354 g/mol. The van der Waals surface area contributed by atoms with Crippen LogP contribution in [0.5, 0.6) is 0 Å². The van der Waals surface area contributed by atoms with Crippen molar-refractivity contribution in [1.29, 1.82) is 0 Å². The number of aliphatic hydroxyl groups is 1. The Labute approximate surface area is 145 Å². The van der Waals surface area contributed by atoms with Gasteiger partial charge in [0.2, 0.25) is 0 Å². The molecule has 1 aromatic carbocycles. The summed E-state index contributed by atoms with van der Waals surface area (Å²) in [5.41, 5.74) is 0.668. The van der Waals surface area contributed by atoms with Crippen molar-refractivity contribution in [3.05, 3.63) is 33.6 Å². The summed E-state index contributed by atoms with van der Waals surface area (Å²) in [6.45, 7) is 5.06. The number of benzene rings is 1. The smallest absolute Gasteiger partial charge is 0.262 e. The van der Waals surface area contributed by atoms with Crippen LogP contribution in [0.4, 0.5) is 0 Å². The largest absolute Gasteiger partial charge is 0.396 e. The fourth-order valence-corrected chi connectivity index (χ4v) is 3.54. The van der Waals surface area contributed by atoms with Gasteiger partial charge in [0.15, 0.2) is 5.16 Å². The van der Waals surface area contributed by atoms with Crippen LogP contribution in [0.3, 0.4) is 0 Å². The fraction of sp³-hybridized carbons (Fsp3) is 0.529. The highest BCUT2D eigenvalue weighted by atomic mass is 35.5. The summed E-state index contributed by atoms with van der Waals surface area (Å²) in [5.74, 6) is 1.25. The lowest BCUT2D eigenvalue weighted by molar-refractivity contribution is 0.284. The minimum atomic E-state index is -0.0240. The number of thioether (sulfide) groups is 1. The molecule has 1 heterocycles. The standard InChI is InChI=1S/C17H23ClN2O2S/c1-12(2)11-20-16(22)14-10-13(18)6-7-15(14)19-17(20)23-9-5-3-4-8-21/h6-7,10,12,21H,3-5,8-9,11H2,1-2H3. The maximum Gasteiger partial charge on any atom is 0.262 e. The van der Waals surface area contributed by atoms with Crippen molar-refractivity contribution < 1.29 is 5.11 Å². The minimum absolute atomic E-state index is 0.0240. The average molecular weight is 355 g/mol. The van der Waals surface area contributed by atoms with Crippen LogP contribution >= 0.6 is 23.4 Å². The average Bonchev–Trinajstić information content (AvgIpc) is 2.51. The summed E-state index contributed by atoms with van der Waals surface area (Å²) in [4.78, 5) is 17.5. The molecule has 2 rings (SSSR count). The Hall–Kier alpha value is -1.04. The van der Waals surface area contributed by atoms with Gasteiger partial charge in [0.1, 0.15) is 0 Å². The van der Waals surface area contributed by atoms with Gasteiger partial charge in [-0.25, -0.2) is 4.98 Å². The van der Waals surface area contributed by atoms with Crippen molar-refractivity contribution in [2.75, 3.05) is 12.4 Å². The summed E-state index contributed by atoms with van der Waals surface area (Å²) in [7, 11) is 0. The molecule has 0 saturated carbocycles. The number of rotatable bonds is 8. The highest BCUT2D eigenvalue weighted by Crippen LogP contribution is 2.22. The van der Waals surface area contributed by atoms with Crippen LogP contribution in [0.2, 0.25) is 5.02 Å². The third-order valence-electron chi connectivity index (χ3n) is 3.46. The SMILES string of the molecule is CC(C)Cn1c(SCCCCCO)nc2ccc(Cl)cc2c1=O. The molecule has 1 N–H and O–H groups in total. The van der Waals surface area contributed by atoms with Crippen LogP contribution in [0.1, 0.15) is 33.1 Å². The van der Waals surface area contributed by atoms with Gasteiger partial charge in [0.25, 0.3) is 5.56 Å². The molecule has 0 unspecified atom stereocenters. The van der Waals surface area contributed by atoms with Crippen LogP contribution < -0.4 is 5.56 Å². The molecular formula is C17H23ClN2O2S. The Morgan fingerprint density at radius 1 is 1.30 bits per heavy atom. The van der Waals surface area contributed by atoms with Crippen molar-refractivity contribution in [1.82, 2.24) is 9.55 Å². The van der Waals surface area contributed by atoms with Gasteiger partial charge in [-0.2, -0.15) is 0 Å². The van der Waals surface area contributed by atoms with Crippen LogP contribution in [-0.4, -0.2) is 27.0 Å². The van der Waals surface area contributed by atoms with Crippen molar-refractivity contribution in [3.8, 4) is 0 Å². The molecule has 0 atom stereocenters. The van der Waals surface area contributed by atoms with Crippen LogP contribution in [0.25, 0.3) is 10.9 Å². The van der Waals surface area contributed by atoms with Gasteiger partial charge in [-0.05, 0) is 37.0 Å². The molecule has 0 aliphatic carbocycles. The number of unbranched alkanes of at least 4 members (excludes halogenated alkanes) is 2. The van der Waals surface area contributed by atoms with Crippen molar-refractivity contribution in [2.24, 2.45) is 5.92 Å². The van der Waals surface area contributed by atoms with Gasteiger partial charge in [0.05, 0.1) is 10.9 Å². The van der Waals surface area contributed by atoms with E-state index in [0.29, 0.717) is 28.4 Å². The zero-order valence-corrected chi connectivity index (χ0v) is 15.2. The van der Waals surface area contributed by atoms with Crippen molar-refractivity contribution in [2.45, 2.75) is 44.8 Å². The van der Waals surface area contributed by atoms with Gasteiger partial charge >= 0.3 is 0 Å². The zero-order valence-electron chi connectivity index (χ0n) is 13.6. The molecule has 0 radical (unpaired) electrons. The molecule has 23 heavy (non-hydrogen) atoms. The molecule has 2 aromatic rings. The predicted molar refractivity (Wildman–Crippen MR) is 97.5 cm³/mol. The Bertz CT molecular complexity index is 716. The molecule has 126 valence electrons. The first-order valence-electron chi connectivity index (χ1n) is 7.96. The van der Waals surface area contributed by atoms with Crippen molar-refractivity contribution >= 4 is 34.3 Å². The zero-order chi connectivity index (χ0) is 16.8. The summed E-state index contributed by atoms with van der Waals surface area (Å²) in [5, 5.41) is 10.7. The van der Waals surface area contributed by atoms with E-state index in [4.69, 9.17) is 16.7 Å². The molecule has 1 aromatic heterocycles. The second-order valence-corrected chi connectivity index (χ2v) is 7.50. The molecule has 0 saturated heterocycles. The highest BCUT2D eigenvalue weighted by Gasteiger charge is 2.13. The summed E-state index contributed by atoms with van der Waals surface area (Å²) in [6.07, 6.45) is 2.81. The first kappa shape index (κ1) is 18.3. The molecule has 0 spiro atoms.